The van der Waals surface area contributed by atoms with E-state index in [0.717, 1.165) is 49.3 Å². The third kappa shape index (κ3) is 3.80. The van der Waals surface area contributed by atoms with E-state index in [-0.39, 0.29) is 4.90 Å². The highest BCUT2D eigenvalue weighted by atomic mass is 35.5. The molecule has 0 aliphatic carbocycles. The lowest BCUT2D eigenvalue weighted by atomic mass is 10.1. The van der Waals surface area contributed by atoms with Crippen LogP contribution in [0.15, 0.2) is 47.4 Å². The Morgan fingerprint density at radius 1 is 1.03 bits per heavy atom. The Morgan fingerprint density at radius 2 is 1.69 bits per heavy atom. The van der Waals surface area contributed by atoms with Crippen LogP contribution in [0.25, 0.3) is 10.9 Å². The normalized spacial score (nSPS) is 16.6. The van der Waals surface area contributed by atoms with Gasteiger partial charge in [-0.05, 0) is 62.0 Å². The molecule has 0 bridgehead atoms. The molecule has 0 saturated carbocycles. The molecule has 1 saturated heterocycles. The monoisotopic (exact) mass is 435 g/mol. The van der Waals surface area contributed by atoms with E-state index in [1.54, 1.807) is 12.1 Å². The molecule has 0 radical (unpaired) electrons. The Balaban J connectivity index is 1.84. The molecule has 2 heterocycles. The van der Waals surface area contributed by atoms with Crippen molar-refractivity contribution in [2.45, 2.75) is 18.4 Å². The summed E-state index contributed by atoms with van der Waals surface area (Å²) in [5.74, 6) is -0.472. The van der Waals surface area contributed by atoms with Crippen LogP contribution in [-0.4, -0.2) is 55.4 Å². The summed E-state index contributed by atoms with van der Waals surface area (Å²) < 4.78 is 41.5. The molecule has 5 nitrogen and oxygen atoms in total. The number of hydrogen-bond donors (Lipinski definition) is 0. The van der Waals surface area contributed by atoms with Gasteiger partial charge in [-0.15, -0.1) is 0 Å². The maximum atomic E-state index is 13.4. The number of rotatable bonds is 4. The lowest BCUT2D eigenvalue weighted by Gasteiger charge is -2.32. The fourth-order valence-corrected chi connectivity index (χ4v) is 5.63. The number of piperazine rings is 1. The predicted molar refractivity (Wildman–Crippen MR) is 113 cm³/mol. The maximum absolute atomic E-state index is 13.4. The zero-order chi connectivity index (χ0) is 20.8. The molecule has 1 aromatic heterocycles. The summed E-state index contributed by atoms with van der Waals surface area (Å²) in [6.07, 6.45) is 0. The molecular weight excluding hydrogens is 413 g/mol. The van der Waals surface area contributed by atoms with E-state index < -0.39 is 15.8 Å². The number of nitrogens with zero attached hydrogens (tertiary/aromatic N) is 3. The van der Waals surface area contributed by atoms with E-state index in [1.807, 2.05) is 13.0 Å². The van der Waals surface area contributed by atoms with Crippen molar-refractivity contribution >= 4 is 32.5 Å². The molecule has 154 valence electrons. The fraction of sp³-hybridized carbons (Fsp3) is 0.333. The first kappa shape index (κ1) is 20.3. The number of hydrogen-bond acceptors (Lipinski definition) is 4. The minimum atomic E-state index is -3.87. The molecule has 0 unspecified atom stereocenters. The van der Waals surface area contributed by atoms with Crippen LogP contribution in [0.5, 0.6) is 0 Å². The number of benzene rings is 2. The molecular formula is C21H23ClFN3O2S. The van der Waals surface area contributed by atoms with Crippen LogP contribution in [0, 0.1) is 12.7 Å². The van der Waals surface area contributed by atoms with E-state index in [1.165, 1.54) is 16.1 Å². The Labute approximate surface area is 175 Å². The zero-order valence-electron chi connectivity index (χ0n) is 16.4. The molecule has 2 aromatic carbocycles. The van der Waals surface area contributed by atoms with Crippen molar-refractivity contribution in [2.75, 3.05) is 33.2 Å². The average Bonchev–Trinajstić information content (AvgIpc) is 2.95. The third-order valence-corrected chi connectivity index (χ3v) is 7.63. The molecule has 0 N–H and O–H groups in total. The average molecular weight is 436 g/mol. The third-order valence-electron chi connectivity index (χ3n) is 5.57. The molecule has 0 spiro atoms. The number of aromatic nitrogens is 1. The molecule has 0 amide bonds. The van der Waals surface area contributed by atoms with Gasteiger partial charge in [-0.2, -0.15) is 0 Å². The number of likely N-dealkylation sites (N-methyl/N-ethyl adjacent to an activating group) is 1. The van der Waals surface area contributed by atoms with Gasteiger partial charge < -0.3 is 4.90 Å². The van der Waals surface area contributed by atoms with Gasteiger partial charge in [0.05, 0.1) is 10.4 Å². The van der Waals surface area contributed by atoms with E-state index in [0.29, 0.717) is 22.8 Å². The van der Waals surface area contributed by atoms with Crippen LogP contribution in [0.1, 0.15) is 11.3 Å². The standard InChI is InChI=1S/C21H23ClFN3O2S/c1-15-20(14-25-11-9-24(2)10-12-25)19-13-16(22)3-8-21(19)26(15)29(27,28)18-6-4-17(23)5-7-18/h3-8,13H,9-12,14H2,1-2H3. The van der Waals surface area contributed by atoms with E-state index in [4.69, 9.17) is 11.6 Å². The van der Waals surface area contributed by atoms with E-state index in [2.05, 4.69) is 16.8 Å². The summed E-state index contributed by atoms with van der Waals surface area (Å²) in [5.41, 5.74) is 2.20. The molecule has 29 heavy (non-hydrogen) atoms. The van der Waals surface area contributed by atoms with Gasteiger partial charge in [0.25, 0.3) is 10.0 Å². The molecule has 1 fully saturated rings. The van der Waals surface area contributed by atoms with Gasteiger partial charge in [0, 0.05) is 48.8 Å². The van der Waals surface area contributed by atoms with Crippen LogP contribution in [0.4, 0.5) is 4.39 Å². The summed E-state index contributed by atoms with van der Waals surface area (Å²) in [4.78, 5) is 4.67. The predicted octanol–water partition coefficient (Wildman–Crippen LogP) is 3.73. The minimum Gasteiger partial charge on any atom is -0.304 e. The highest BCUT2D eigenvalue weighted by molar-refractivity contribution is 7.90. The highest BCUT2D eigenvalue weighted by Gasteiger charge is 2.26. The van der Waals surface area contributed by atoms with Gasteiger partial charge in [0.2, 0.25) is 0 Å². The molecule has 3 aromatic rings. The second-order valence-electron chi connectivity index (χ2n) is 7.53. The molecule has 1 aliphatic heterocycles. The van der Waals surface area contributed by atoms with Gasteiger partial charge in [0.15, 0.2) is 0 Å². The van der Waals surface area contributed by atoms with Crippen LogP contribution in [0.3, 0.4) is 0 Å². The van der Waals surface area contributed by atoms with Crippen LogP contribution < -0.4 is 0 Å². The molecule has 0 atom stereocenters. The van der Waals surface area contributed by atoms with Gasteiger partial charge in [0.1, 0.15) is 5.82 Å². The Hall–Kier alpha value is -1.93. The first-order valence-electron chi connectivity index (χ1n) is 9.49. The van der Waals surface area contributed by atoms with Crippen molar-refractivity contribution in [1.82, 2.24) is 13.8 Å². The van der Waals surface area contributed by atoms with Crippen LogP contribution in [-0.2, 0) is 16.6 Å². The quantitative estimate of drug-likeness (QED) is 0.626. The summed E-state index contributed by atoms with van der Waals surface area (Å²) in [6, 6.07) is 10.2. The molecule has 4 rings (SSSR count). The Bertz CT molecular complexity index is 1150. The first-order valence-corrected chi connectivity index (χ1v) is 11.3. The smallest absolute Gasteiger partial charge is 0.268 e. The summed E-state index contributed by atoms with van der Waals surface area (Å²) in [5, 5.41) is 1.40. The van der Waals surface area contributed by atoms with Crippen molar-refractivity contribution in [3.63, 3.8) is 0 Å². The topological polar surface area (TPSA) is 45.5 Å². The van der Waals surface area contributed by atoms with Gasteiger partial charge in [-0.25, -0.2) is 16.8 Å². The van der Waals surface area contributed by atoms with Gasteiger partial charge >= 0.3 is 0 Å². The fourth-order valence-electron chi connectivity index (χ4n) is 3.88. The summed E-state index contributed by atoms with van der Waals surface area (Å²) in [6.45, 7) is 6.28. The Morgan fingerprint density at radius 3 is 2.34 bits per heavy atom. The SMILES string of the molecule is Cc1c(CN2CCN(C)CC2)c2cc(Cl)ccc2n1S(=O)(=O)c1ccc(F)cc1. The summed E-state index contributed by atoms with van der Waals surface area (Å²) in [7, 11) is -1.77. The van der Waals surface area contributed by atoms with Crippen LogP contribution >= 0.6 is 11.6 Å². The van der Waals surface area contributed by atoms with Crippen molar-refractivity contribution < 1.29 is 12.8 Å². The van der Waals surface area contributed by atoms with E-state index in [9.17, 15) is 12.8 Å². The largest absolute Gasteiger partial charge is 0.304 e. The number of halogens is 2. The van der Waals surface area contributed by atoms with Crippen LogP contribution in [0.2, 0.25) is 5.02 Å². The molecule has 1 aliphatic rings. The van der Waals surface area contributed by atoms with Crippen molar-refractivity contribution in [3.05, 3.63) is 64.6 Å². The van der Waals surface area contributed by atoms with Crippen molar-refractivity contribution in [3.8, 4) is 0 Å². The van der Waals surface area contributed by atoms with Gasteiger partial charge in [-0.3, -0.25) is 4.90 Å². The van der Waals surface area contributed by atoms with Crippen molar-refractivity contribution in [1.29, 1.82) is 0 Å². The second-order valence-corrected chi connectivity index (χ2v) is 9.75. The lowest BCUT2D eigenvalue weighted by Crippen LogP contribution is -2.43. The van der Waals surface area contributed by atoms with E-state index >= 15 is 0 Å². The second kappa shape index (κ2) is 7.72. The number of fused-ring (bicyclic) bond motifs is 1. The Kier molecular flexibility index (Phi) is 5.42. The highest BCUT2D eigenvalue weighted by Crippen LogP contribution is 2.33. The zero-order valence-corrected chi connectivity index (χ0v) is 18.0. The minimum absolute atomic E-state index is 0.0556. The maximum Gasteiger partial charge on any atom is 0.268 e. The van der Waals surface area contributed by atoms with Crippen molar-refractivity contribution in [2.24, 2.45) is 0 Å². The van der Waals surface area contributed by atoms with Gasteiger partial charge in [-0.1, -0.05) is 11.6 Å². The molecule has 8 heteroatoms. The lowest BCUT2D eigenvalue weighted by molar-refractivity contribution is 0.148. The summed E-state index contributed by atoms with van der Waals surface area (Å²) >= 11 is 6.24. The first-order chi connectivity index (χ1) is 13.8.